The lowest BCUT2D eigenvalue weighted by Gasteiger charge is -2.29. The molecule has 0 spiro atoms. The fourth-order valence-corrected chi connectivity index (χ4v) is 2.10. The van der Waals surface area contributed by atoms with Crippen LogP contribution in [0.5, 0.6) is 0 Å². The minimum Gasteiger partial charge on any atom is -0.399 e. The Morgan fingerprint density at radius 2 is 2.12 bits per heavy atom. The van der Waals surface area contributed by atoms with Gasteiger partial charge >= 0.3 is 0 Å². The van der Waals surface area contributed by atoms with E-state index in [4.69, 9.17) is 5.73 Å². The van der Waals surface area contributed by atoms with Crippen LogP contribution in [0.15, 0.2) is 24.3 Å². The van der Waals surface area contributed by atoms with Crippen LogP contribution in [0.25, 0.3) is 0 Å². The number of hydrogen-bond donors (Lipinski definition) is 2. The van der Waals surface area contributed by atoms with Gasteiger partial charge in [-0.15, -0.1) is 0 Å². The van der Waals surface area contributed by atoms with Gasteiger partial charge in [-0.1, -0.05) is 6.07 Å². The van der Waals surface area contributed by atoms with Gasteiger partial charge in [-0.25, -0.2) is 0 Å². The largest absolute Gasteiger partial charge is 0.399 e. The quantitative estimate of drug-likeness (QED) is 0.752. The number of likely N-dealkylation sites (tertiary alicyclic amines) is 1. The number of anilines is 1. The molecule has 1 amide bonds. The molecule has 0 radical (unpaired) electrons. The second kappa shape index (κ2) is 5.19. The molecule has 0 atom stereocenters. The standard InChI is InChI=1S/C13H19N3O/c1-16-7-5-12(6-8-16)15-13(17)10-3-2-4-11(14)9-10/h2-4,9,12H,5-8,14H2,1H3,(H,15,17). The molecule has 4 nitrogen and oxygen atoms in total. The second-order valence-electron chi connectivity index (χ2n) is 4.68. The third-order valence-electron chi connectivity index (χ3n) is 3.20. The first-order valence-electron chi connectivity index (χ1n) is 6.00. The predicted octanol–water partition coefficient (Wildman–Crippen LogP) is 1.09. The number of amides is 1. The lowest BCUT2D eigenvalue weighted by Crippen LogP contribution is -2.43. The third-order valence-corrected chi connectivity index (χ3v) is 3.20. The predicted molar refractivity (Wildman–Crippen MR) is 68.8 cm³/mol. The zero-order valence-corrected chi connectivity index (χ0v) is 10.1. The molecular weight excluding hydrogens is 214 g/mol. The smallest absolute Gasteiger partial charge is 0.251 e. The monoisotopic (exact) mass is 233 g/mol. The van der Waals surface area contributed by atoms with E-state index in [1.54, 1.807) is 24.3 Å². The van der Waals surface area contributed by atoms with E-state index in [1.165, 1.54) is 0 Å². The molecule has 1 aromatic rings. The average molecular weight is 233 g/mol. The summed E-state index contributed by atoms with van der Waals surface area (Å²) in [7, 11) is 2.11. The van der Waals surface area contributed by atoms with Crippen molar-refractivity contribution in [1.82, 2.24) is 10.2 Å². The van der Waals surface area contributed by atoms with Crippen LogP contribution in [0.1, 0.15) is 23.2 Å². The van der Waals surface area contributed by atoms with Crippen LogP contribution in [0.2, 0.25) is 0 Å². The molecule has 1 aliphatic rings. The molecule has 3 N–H and O–H groups in total. The van der Waals surface area contributed by atoms with Crippen molar-refractivity contribution in [1.29, 1.82) is 0 Å². The molecule has 1 aliphatic heterocycles. The third kappa shape index (κ3) is 3.20. The van der Waals surface area contributed by atoms with Gasteiger partial charge in [0.25, 0.3) is 5.91 Å². The molecule has 0 aliphatic carbocycles. The summed E-state index contributed by atoms with van der Waals surface area (Å²) in [6, 6.07) is 7.39. The first kappa shape index (κ1) is 11.9. The summed E-state index contributed by atoms with van der Waals surface area (Å²) < 4.78 is 0. The molecule has 1 fully saturated rings. The average Bonchev–Trinajstić information content (AvgIpc) is 2.32. The molecule has 1 aromatic carbocycles. The van der Waals surface area contributed by atoms with Crippen molar-refractivity contribution < 1.29 is 4.79 Å². The maximum absolute atomic E-state index is 12.0. The number of benzene rings is 1. The normalized spacial score (nSPS) is 17.9. The van der Waals surface area contributed by atoms with E-state index >= 15 is 0 Å². The van der Waals surface area contributed by atoms with E-state index in [-0.39, 0.29) is 5.91 Å². The van der Waals surface area contributed by atoms with Crippen molar-refractivity contribution in [2.75, 3.05) is 25.9 Å². The van der Waals surface area contributed by atoms with Gasteiger partial charge in [0.2, 0.25) is 0 Å². The Labute approximate surface area is 102 Å². The van der Waals surface area contributed by atoms with Crippen LogP contribution in [0.3, 0.4) is 0 Å². The van der Waals surface area contributed by atoms with Gasteiger partial charge in [0.1, 0.15) is 0 Å². The van der Waals surface area contributed by atoms with Crippen molar-refractivity contribution in [3.8, 4) is 0 Å². The van der Waals surface area contributed by atoms with Gasteiger partial charge < -0.3 is 16.0 Å². The first-order valence-corrected chi connectivity index (χ1v) is 6.00. The SMILES string of the molecule is CN1CCC(NC(=O)c2cccc(N)c2)CC1. The summed E-state index contributed by atoms with van der Waals surface area (Å²) in [6.07, 6.45) is 2.04. The highest BCUT2D eigenvalue weighted by molar-refractivity contribution is 5.95. The molecule has 0 aromatic heterocycles. The molecule has 1 heterocycles. The summed E-state index contributed by atoms with van der Waals surface area (Å²) in [5, 5.41) is 3.06. The highest BCUT2D eigenvalue weighted by Gasteiger charge is 2.18. The van der Waals surface area contributed by atoms with E-state index in [0.717, 1.165) is 25.9 Å². The van der Waals surface area contributed by atoms with E-state index in [2.05, 4.69) is 17.3 Å². The van der Waals surface area contributed by atoms with Crippen molar-refractivity contribution >= 4 is 11.6 Å². The van der Waals surface area contributed by atoms with Crippen LogP contribution < -0.4 is 11.1 Å². The summed E-state index contributed by atoms with van der Waals surface area (Å²) in [5.74, 6) is -0.0214. The zero-order chi connectivity index (χ0) is 12.3. The summed E-state index contributed by atoms with van der Waals surface area (Å²) in [6.45, 7) is 2.09. The van der Waals surface area contributed by atoms with E-state index < -0.39 is 0 Å². The molecule has 0 saturated carbocycles. The van der Waals surface area contributed by atoms with Crippen molar-refractivity contribution in [3.05, 3.63) is 29.8 Å². The summed E-state index contributed by atoms with van der Waals surface area (Å²) in [5.41, 5.74) is 6.93. The molecule has 17 heavy (non-hydrogen) atoms. The maximum Gasteiger partial charge on any atom is 0.251 e. The Morgan fingerprint density at radius 1 is 1.41 bits per heavy atom. The Hall–Kier alpha value is -1.55. The van der Waals surface area contributed by atoms with Crippen LogP contribution in [0, 0.1) is 0 Å². The fourth-order valence-electron chi connectivity index (χ4n) is 2.10. The van der Waals surface area contributed by atoms with Crippen molar-refractivity contribution in [3.63, 3.8) is 0 Å². The molecular formula is C13H19N3O. The van der Waals surface area contributed by atoms with Crippen LogP contribution in [-0.4, -0.2) is 37.0 Å². The highest BCUT2D eigenvalue weighted by atomic mass is 16.1. The van der Waals surface area contributed by atoms with Gasteiger partial charge in [-0.05, 0) is 51.2 Å². The number of hydrogen-bond acceptors (Lipinski definition) is 3. The summed E-state index contributed by atoms with van der Waals surface area (Å²) in [4.78, 5) is 14.2. The number of nitrogens with one attached hydrogen (secondary N) is 1. The first-order chi connectivity index (χ1) is 8.15. The van der Waals surface area contributed by atoms with Gasteiger partial charge in [0, 0.05) is 17.3 Å². The molecule has 1 saturated heterocycles. The Balaban J connectivity index is 1.93. The maximum atomic E-state index is 12.0. The topological polar surface area (TPSA) is 58.4 Å². The molecule has 0 bridgehead atoms. The number of nitrogen functional groups attached to an aromatic ring is 1. The van der Waals surface area contributed by atoms with Gasteiger partial charge in [0.15, 0.2) is 0 Å². The Bertz CT molecular complexity index is 397. The summed E-state index contributed by atoms with van der Waals surface area (Å²) >= 11 is 0. The Morgan fingerprint density at radius 3 is 2.76 bits per heavy atom. The lowest BCUT2D eigenvalue weighted by atomic mass is 10.0. The number of nitrogens with zero attached hydrogens (tertiary/aromatic N) is 1. The second-order valence-corrected chi connectivity index (χ2v) is 4.68. The van der Waals surface area contributed by atoms with Crippen LogP contribution in [-0.2, 0) is 0 Å². The zero-order valence-electron chi connectivity index (χ0n) is 10.1. The number of piperidine rings is 1. The van der Waals surface area contributed by atoms with Crippen LogP contribution >= 0.6 is 0 Å². The molecule has 0 unspecified atom stereocenters. The number of carbonyl (C=O) groups is 1. The molecule has 2 rings (SSSR count). The minimum absolute atomic E-state index is 0.0214. The minimum atomic E-state index is -0.0214. The number of rotatable bonds is 2. The Kier molecular flexibility index (Phi) is 3.64. The van der Waals surface area contributed by atoms with Crippen molar-refractivity contribution in [2.24, 2.45) is 0 Å². The van der Waals surface area contributed by atoms with Gasteiger partial charge in [-0.3, -0.25) is 4.79 Å². The molecule has 4 heteroatoms. The number of carbonyl (C=O) groups excluding carboxylic acids is 1. The van der Waals surface area contributed by atoms with Crippen molar-refractivity contribution in [2.45, 2.75) is 18.9 Å². The van der Waals surface area contributed by atoms with Gasteiger partial charge in [0.05, 0.1) is 0 Å². The van der Waals surface area contributed by atoms with Crippen LogP contribution in [0.4, 0.5) is 5.69 Å². The molecule has 92 valence electrons. The highest BCUT2D eigenvalue weighted by Crippen LogP contribution is 2.11. The fraction of sp³-hybridized carbons (Fsp3) is 0.462. The van der Waals surface area contributed by atoms with Gasteiger partial charge in [-0.2, -0.15) is 0 Å². The lowest BCUT2D eigenvalue weighted by molar-refractivity contribution is 0.0917. The number of nitrogens with two attached hydrogens (primary N) is 1. The van der Waals surface area contributed by atoms with E-state index in [1.807, 2.05) is 0 Å². The van der Waals surface area contributed by atoms with E-state index in [9.17, 15) is 4.79 Å². The van der Waals surface area contributed by atoms with E-state index in [0.29, 0.717) is 17.3 Å².